The summed E-state index contributed by atoms with van der Waals surface area (Å²) >= 11 is 0. The fourth-order valence-electron chi connectivity index (χ4n) is 4.46. The number of carboxylic acid groups (broad SMARTS) is 2. The smallest absolute Gasteiger partial charge is 0.333 e. The van der Waals surface area contributed by atoms with Crippen molar-refractivity contribution in [3.05, 3.63) is 11.6 Å². The van der Waals surface area contributed by atoms with Gasteiger partial charge < -0.3 is 14.9 Å². The maximum Gasteiger partial charge on any atom is 0.333 e. The number of hydrogen-bond donors (Lipinski definition) is 2. The summed E-state index contributed by atoms with van der Waals surface area (Å²) in [7, 11) is 0. The summed E-state index contributed by atoms with van der Waals surface area (Å²) in [6, 6.07) is 0. The first-order valence-electron chi connectivity index (χ1n) is 12.4. The minimum atomic E-state index is -1.55. The van der Waals surface area contributed by atoms with Gasteiger partial charge in [0.1, 0.15) is 0 Å². The Morgan fingerprint density at radius 1 is 0.938 bits per heavy atom. The molecule has 0 aromatic carbocycles. The molecule has 1 fully saturated rings. The number of rotatable bonds is 15. The van der Waals surface area contributed by atoms with E-state index in [2.05, 4.69) is 13.8 Å². The van der Waals surface area contributed by atoms with Crippen LogP contribution in [0.2, 0.25) is 0 Å². The van der Waals surface area contributed by atoms with Crippen molar-refractivity contribution in [1.82, 2.24) is 0 Å². The number of carbonyl (C=O) groups is 3. The zero-order chi connectivity index (χ0) is 24.1. The number of aliphatic carboxylic acids is 2. The zero-order valence-electron chi connectivity index (χ0n) is 20.5. The van der Waals surface area contributed by atoms with E-state index in [1.54, 1.807) is 0 Å². The van der Waals surface area contributed by atoms with Gasteiger partial charge in [-0.3, -0.25) is 9.59 Å². The molecule has 0 heterocycles. The molecule has 2 unspecified atom stereocenters. The van der Waals surface area contributed by atoms with Crippen molar-refractivity contribution in [3.63, 3.8) is 0 Å². The van der Waals surface area contributed by atoms with Crippen molar-refractivity contribution in [2.24, 2.45) is 23.2 Å². The maximum absolute atomic E-state index is 12.9. The molecule has 2 atom stereocenters. The van der Waals surface area contributed by atoms with E-state index in [-0.39, 0.29) is 6.42 Å². The third-order valence-electron chi connectivity index (χ3n) is 6.50. The van der Waals surface area contributed by atoms with Gasteiger partial charge in [-0.1, -0.05) is 78.7 Å². The van der Waals surface area contributed by atoms with E-state index in [9.17, 15) is 24.6 Å². The molecule has 32 heavy (non-hydrogen) atoms. The van der Waals surface area contributed by atoms with Crippen molar-refractivity contribution in [1.29, 1.82) is 0 Å². The minimum Gasteiger partial charge on any atom is -0.481 e. The Balaban J connectivity index is 2.82. The Morgan fingerprint density at radius 3 is 2.16 bits per heavy atom. The SMILES string of the molecule is CC(C)CCCCCCCOC(=O)C(=CC1(C(=O)O)CCCCC1C(=O)O)CCC(C)C. The average molecular weight is 453 g/mol. The van der Waals surface area contributed by atoms with E-state index in [0.29, 0.717) is 50.2 Å². The quantitative estimate of drug-likeness (QED) is 0.173. The van der Waals surface area contributed by atoms with Crippen LogP contribution in [0.15, 0.2) is 11.6 Å². The van der Waals surface area contributed by atoms with Crippen LogP contribution in [0.4, 0.5) is 0 Å². The lowest BCUT2D eigenvalue weighted by molar-refractivity contribution is -0.161. The molecule has 0 aliphatic heterocycles. The van der Waals surface area contributed by atoms with Crippen LogP contribution in [0.3, 0.4) is 0 Å². The van der Waals surface area contributed by atoms with E-state index in [4.69, 9.17) is 4.74 Å². The van der Waals surface area contributed by atoms with E-state index < -0.39 is 29.2 Å². The first-order valence-corrected chi connectivity index (χ1v) is 12.4. The van der Waals surface area contributed by atoms with Crippen molar-refractivity contribution < 1.29 is 29.3 Å². The number of hydrogen-bond acceptors (Lipinski definition) is 4. The molecule has 0 saturated heterocycles. The van der Waals surface area contributed by atoms with Crippen molar-refractivity contribution in [2.75, 3.05) is 6.61 Å². The lowest BCUT2D eigenvalue weighted by Gasteiger charge is -2.36. The van der Waals surface area contributed by atoms with Crippen LogP contribution >= 0.6 is 0 Å². The van der Waals surface area contributed by atoms with Crippen LogP contribution in [-0.2, 0) is 19.1 Å². The van der Waals surface area contributed by atoms with E-state index in [0.717, 1.165) is 25.2 Å². The fraction of sp³-hybridized carbons (Fsp3) is 0.808. The summed E-state index contributed by atoms with van der Waals surface area (Å²) in [5.41, 5.74) is -1.24. The van der Waals surface area contributed by atoms with E-state index >= 15 is 0 Å². The summed E-state index contributed by atoms with van der Waals surface area (Å²) in [6.45, 7) is 8.84. The molecular weight excluding hydrogens is 408 g/mol. The van der Waals surface area contributed by atoms with Crippen LogP contribution in [0.5, 0.6) is 0 Å². The molecule has 6 nitrogen and oxygen atoms in total. The normalized spacial score (nSPS) is 21.7. The molecule has 1 saturated carbocycles. The summed E-state index contributed by atoms with van der Waals surface area (Å²) in [6.07, 6.45) is 10.9. The summed E-state index contributed by atoms with van der Waals surface area (Å²) in [5, 5.41) is 19.7. The molecule has 0 amide bonds. The zero-order valence-corrected chi connectivity index (χ0v) is 20.5. The molecule has 0 aromatic heterocycles. The maximum atomic E-state index is 12.9. The van der Waals surface area contributed by atoms with E-state index in [1.165, 1.54) is 25.3 Å². The first-order chi connectivity index (χ1) is 15.1. The summed E-state index contributed by atoms with van der Waals surface area (Å²) in [4.78, 5) is 36.9. The summed E-state index contributed by atoms with van der Waals surface area (Å²) < 4.78 is 5.50. The van der Waals surface area contributed by atoms with Gasteiger partial charge in [-0.2, -0.15) is 0 Å². The van der Waals surface area contributed by atoms with Gasteiger partial charge in [0.25, 0.3) is 0 Å². The standard InChI is InChI=1S/C26H44O6/c1-19(2)12-8-6-5-7-11-17-32-24(29)21(15-14-20(3)4)18-26(25(30)31)16-10-9-13-22(26)23(27)28/h18-20,22H,5-17H2,1-4H3,(H,27,28)(H,30,31). The molecule has 0 radical (unpaired) electrons. The van der Waals surface area contributed by atoms with Gasteiger partial charge in [0.2, 0.25) is 0 Å². The monoisotopic (exact) mass is 452 g/mol. The second-order valence-electron chi connectivity index (χ2n) is 10.2. The molecule has 0 bridgehead atoms. The molecule has 184 valence electrons. The molecular formula is C26H44O6. The van der Waals surface area contributed by atoms with Crippen LogP contribution in [0.25, 0.3) is 0 Å². The van der Waals surface area contributed by atoms with Crippen molar-refractivity contribution in [2.45, 2.75) is 105 Å². The Labute approximate surface area is 193 Å². The number of esters is 1. The fourth-order valence-corrected chi connectivity index (χ4v) is 4.46. The Morgan fingerprint density at radius 2 is 1.56 bits per heavy atom. The molecule has 2 N–H and O–H groups in total. The molecule has 1 aliphatic rings. The highest BCUT2D eigenvalue weighted by Crippen LogP contribution is 2.44. The highest BCUT2D eigenvalue weighted by Gasteiger charge is 2.50. The van der Waals surface area contributed by atoms with Gasteiger partial charge in [-0.05, 0) is 43.9 Å². The van der Waals surface area contributed by atoms with Gasteiger partial charge in [0.05, 0.1) is 17.9 Å². The predicted molar refractivity (Wildman–Crippen MR) is 125 cm³/mol. The topological polar surface area (TPSA) is 101 Å². The third kappa shape index (κ3) is 9.33. The average Bonchev–Trinajstić information content (AvgIpc) is 2.72. The lowest BCUT2D eigenvalue weighted by Crippen LogP contribution is -2.44. The minimum absolute atomic E-state index is 0.230. The van der Waals surface area contributed by atoms with Gasteiger partial charge in [-0.25, -0.2) is 4.79 Å². The molecule has 6 heteroatoms. The van der Waals surface area contributed by atoms with E-state index in [1.807, 2.05) is 13.8 Å². The molecule has 1 rings (SSSR count). The number of unbranched alkanes of at least 4 members (excludes halogenated alkanes) is 4. The molecule has 1 aliphatic carbocycles. The van der Waals surface area contributed by atoms with Gasteiger partial charge in [0.15, 0.2) is 0 Å². The first kappa shape index (κ1) is 28.2. The second kappa shape index (κ2) is 14.3. The van der Waals surface area contributed by atoms with Gasteiger partial charge in [0, 0.05) is 5.57 Å². The Hall–Kier alpha value is -1.85. The van der Waals surface area contributed by atoms with Crippen LogP contribution in [0, 0.1) is 23.2 Å². The summed E-state index contributed by atoms with van der Waals surface area (Å²) in [5.74, 6) is -2.74. The number of carboxylic acids is 2. The van der Waals surface area contributed by atoms with Crippen LogP contribution in [-0.4, -0.2) is 34.7 Å². The number of carbonyl (C=O) groups excluding carboxylic acids is 1. The second-order valence-corrected chi connectivity index (χ2v) is 10.2. The highest BCUT2D eigenvalue weighted by atomic mass is 16.5. The van der Waals surface area contributed by atoms with Crippen LogP contribution < -0.4 is 0 Å². The Kier molecular flexibility index (Phi) is 12.6. The Bertz CT molecular complexity index is 636. The highest BCUT2D eigenvalue weighted by molar-refractivity contribution is 5.92. The molecule has 0 spiro atoms. The van der Waals surface area contributed by atoms with Gasteiger partial charge in [-0.15, -0.1) is 0 Å². The lowest BCUT2D eigenvalue weighted by atomic mass is 9.65. The van der Waals surface area contributed by atoms with Crippen LogP contribution in [0.1, 0.15) is 105 Å². The molecule has 0 aromatic rings. The van der Waals surface area contributed by atoms with Crippen molar-refractivity contribution in [3.8, 4) is 0 Å². The third-order valence-corrected chi connectivity index (χ3v) is 6.50. The predicted octanol–water partition coefficient (Wildman–Crippen LogP) is 6.23. The van der Waals surface area contributed by atoms with Crippen molar-refractivity contribution >= 4 is 17.9 Å². The largest absolute Gasteiger partial charge is 0.481 e. The number of ether oxygens (including phenoxy) is 1. The van der Waals surface area contributed by atoms with Gasteiger partial charge >= 0.3 is 17.9 Å².